The van der Waals surface area contributed by atoms with Crippen molar-refractivity contribution in [1.29, 1.82) is 0 Å². The fraction of sp³-hybridized carbons (Fsp3) is 0.500. The maximum Gasteiger partial charge on any atom is 0.327 e. The summed E-state index contributed by atoms with van der Waals surface area (Å²) >= 11 is 4.70. The number of hydrogen-bond acceptors (Lipinski definition) is 6. The van der Waals surface area contributed by atoms with Crippen molar-refractivity contribution in [1.82, 2.24) is 10.2 Å². The number of carbonyl (C=O) groups is 3. The molecule has 0 unspecified atom stereocenters. The molecule has 28 heavy (non-hydrogen) atoms. The summed E-state index contributed by atoms with van der Waals surface area (Å²) in [6.45, 7) is 5.17. The van der Waals surface area contributed by atoms with Crippen LogP contribution < -0.4 is 14.8 Å². The Morgan fingerprint density at radius 2 is 1.89 bits per heavy atom. The van der Waals surface area contributed by atoms with Gasteiger partial charge in [0.05, 0.1) is 18.7 Å². The molecule has 2 aliphatic rings. The SMILES string of the molecule is COc1ccc(Br)c(OC)c1C(=O)N[C@@]1(C)C(=O)N2[C@@H](C(=O)O)C(C)(C)S[C@@H]21. The molecule has 2 aliphatic heterocycles. The molecule has 2 saturated heterocycles. The molecule has 2 amide bonds. The topological polar surface area (TPSA) is 105 Å². The molecule has 3 atom stereocenters. The highest BCUT2D eigenvalue weighted by atomic mass is 79.9. The number of ether oxygens (including phenoxy) is 2. The quantitative estimate of drug-likeness (QED) is 0.632. The van der Waals surface area contributed by atoms with E-state index in [1.54, 1.807) is 32.9 Å². The molecule has 2 N–H and O–H groups in total. The van der Waals surface area contributed by atoms with Crippen molar-refractivity contribution in [2.24, 2.45) is 0 Å². The number of methoxy groups -OCH3 is 2. The van der Waals surface area contributed by atoms with Crippen molar-refractivity contribution in [3.05, 3.63) is 22.2 Å². The lowest BCUT2D eigenvalue weighted by Gasteiger charge is -2.51. The van der Waals surface area contributed by atoms with Crippen molar-refractivity contribution in [3.63, 3.8) is 0 Å². The first-order valence-corrected chi connectivity index (χ1v) is 10.1. The van der Waals surface area contributed by atoms with E-state index in [2.05, 4.69) is 21.2 Å². The molecule has 0 aromatic heterocycles. The molecule has 0 aliphatic carbocycles. The third kappa shape index (κ3) is 2.85. The van der Waals surface area contributed by atoms with Crippen molar-refractivity contribution < 1.29 is 29.0 Å². The van der Waals surface area contributed by atoms with Gasteiger partial charge in [-0.25, -0.2) is 4.79 Å². The predicted octanol–water partition coefficient (Wildman–Crippen LogP) is 2.10. The summed E-state index contributed by atoms with van der Waals surface area (Å²) < 4.78 is 10.5. The fourth-order valence-electron chi connectivity index (χ4n) is 3.76. The summed E-state index contributed by atoms with van der Waals surface area (Å²) in [6, 6.07) is 2.36. The summed E-state index contributed by atoms with van der Waals surface area (Å²) in [5.41, 5.74) is -1.08. The van der Waals surface area contributed by atoms with Crippen LogP contribution in [-0.4, -0.2) is 63.7 Å². The number of β-lactam (4-membered cyclic amide) rings is 1. The summed E-state index contributed by atoms with van der Waals surface area (Å²) in [7, 11) is 2.87. The zero-order valence-electron chi connectivity index (χ0n) is 16.0. The predicted molar refractivity (Wildman–Crippen MR) is 107 cm³/mol. The van der Waals surface area contributed by atoms with Gasteiger partial charge in [0.1, 0.15) is 34.0 Å². The molecular formula is C18H21BrN2O6S. The van der Waals surface area contributed by atoms with Crippen LogP contribution in [0, 0.1) is 0 Å². The number of nitrogens with one attached hydrogen (secondary N) is 1. The largest absolute Gasteiger partial charge is 0.496 e. The highest BCUT2D eigenvalue weighted by molar-refractivity contribution is 9.10. The lowest BCUT2D eigenvalue weighted by atomic mass is 9.86. The van der Waals surface area contributed by atoms with Crippen molar-refractivity contribution in [3.8, 4) is 11.5 Å². The van der Waals surface area contributed by atoms with Crippen LogP contribution in [0.4, 0.5) is 0 Å². The molecule has 2 fully saturated rings. The van der Waals surface area contributed by atoms with Gasteiger partial charge in [-0.05, 0) is 48.8 Å². The first-order valence-electron chi connectivity index (χ1n) is 8.46. The van der Waals surface area contributed by atoms with Gasteiger partial charge in [0, 0.05) is 4.75 Å². The minimum Gasteiger partial charge on any atom is -0.496 e. The number of carbonyl (C=O) groups excluding carboxylic acids is 2. The molecule has 152 valence electrons. The highest BCUT2D eigenvalue weighted by Gasteiger charge is 2.70. The Labute approximate surface area is 175 Å². The minimum absolute atomic E-state index is 0.156. The van der Waals surface area contributed by atoms with E-state index >= 15 is 0 Å². The fourth-order valence-corrected chi connectivity index (χ4v) is 5.90. The number of halogens is 1. The van der Waals surface area contributed by atoms with Crippen LogP contribution in [-0.2, 0) is 9.59 Å². The Bertz CT molecular complexity index is 876. The van der Waals surface area contributed by atoms with Gasteiger partial charge < -0.3 is 24.8 Å². The van der Waals surface area contributed by atoms with E-state index in [0.717, 1.165) is 0 Å². The van der Waals surface area contributed by atoms with E-state index in [9.17, 15) is 19.5 Å². The van der Waals surface area contributed by atoms with Gasteiger partial charge in [-0.15, -0.1) is 11.8 Å². The molecule has 10 heteroatoms. The van der Waals surface area contributed by atoms with Crippen LogP contribution >= 0.6 is 27.7 Å². The molecule has 0 bridgehead atoms. The zero-order valence-corrected chi connectivity index (χ0v) is 18.4. The van der Waals surface area contributed by atoms with E-state index in [-0.39, 0.29) is 11.3 Å². The maximum absolute atomic E-state index is 13.1. The van der Waals surface area contributed by atoms with Gasteiger partial charge in [-0.2, -0.15) is 0 Å². The average molecular weight is 473 g/mol. The number of aliphatic carboxylic acids is 1. The normalized spacial score (nSPS) is 27.6. The van der Waals surface area contributed by atoms with Crippen molar-refractivity contribution in [2.75, 3.05) is 14.2 Å². The van der Waals surface area contributed by atoms with Gasteiger partial charge in [0.25, 0.3) is 11.8 Å². The number of carboxylic acid groups (broad SMARTS) is 1. The lowest BCUT2D eigenvalue weighted by Crippen LogP contribution is -2.78. The van der Waals surface area contributed by atoms with Crippen LogP contribution in [0.15, 0.2) is 16.6 Å². The Kier molecular flexibility index (Phi) is 5.08. The number of fused-ring (bicyclic) bond motifs is 1. The Hall–Kier alpha value is -1.94. The van der Waals surface area contributed by atoms with E-state index < -0.39 is 39.5 Å². The number of hydrogen-bond donors (Lipinski definition) is 2. The van der Waals surface area contributed by atoms with Crippen LogP contribution in [0.2, 0.25) is 0 Å². The highest BCUT2D eigenvalue weighted by Crippen LogP contribution is 2.54. The Morgan fingerprint density at radius 1 is 1.25 bits per heavy atom. The first-order chi connectivity index (χ1) is 13.0. The van der Waals surface area contributed by atoms with Crippen molar-refractivity contribution >= 4 is 45.5 Å². The molecule has 0 spiro atoms. The number of nitrogens with zero attached hydrogens (tertiary/aromatic N) is 1. The smallest absolute Gasteiger partial charge is 0.327 e. The molecule has 0 saturated carbocycles. The summed E-state index contributed by atoms with van der Waals surface area (Å²) in [5.74, 6) is -1.44. The second-order valence-electron chi connectivity index (χ2n) is 7.34. The monoisotopic (exact) mass is 472 g/mol. The summed E-state index contributed by atoms with van der Waals surface area (Å²) in [5, 5.41) is 11.9. The van der Waals surface area contributed by atoms with E-state index in [1.807, 2.05) is 0 Å². The van der Waals surface area contributed by atoms with E-state index in [0.29, 0.717) is 10.2 Å². The third-order valence-corrected chi connectivity index (χ3v) is 7.48. The molecule has 2 heterocycles. The molecule has 3 rings (SSSR count). The molecule has 0 radical (unpaired) electrons. The first kappa shape index (κ1) is 20.8. The number of benzene rings is 1. The molecule has 8 nitrogen and oxygen atoms in total. The second-order valence-corrected chi connectivity index (χ2v) is 9.93. The zero-order chi connectivity index (χ0) is 21.0. The summed E-state index contributed by atoms with van der Waals surface area (Å²) in [6.07, 6.45) is 0. The van der Waals surface area contributed by atoms with Crippen molar-refractivity contribution in [2.45, 2.75) is 42.5 Å². The number of carboxylic acids is 1. The third-order valence-electron chi connectivity index (χ3n) is 5.11. The molecule has 1 aromatic carbocycles. The molecule has 1 aromatic rings. The van der Waals surface area contributed by atoms with Gasteiger partial charge in [-0.1, -0.05) is 0 Å². The maximum atomic E-state index is 13.1. The minimum atomic E-state index is -1.23. The number of thioether (sulfide) groups is 1. The standard InChI is InChI=1S/C18H21BrN2O6S/c1-17(2)12(14(23)24)21-15(25)18(3,16(21)28-17)20-13(22)10-9(26-4)7-6-8(19)11(10)27-5/h6-7,12,16H,1-5H3,(H,20,22)(H,23,24)/t12-,16+,18-/m0/s1. The van der Waals surface area contributed by atoms with Gasteiger partial charge in [-0.3, -0.25) is 9.59 Å². The second kappa shape index (κ2) is 6.84. The van der Waals surface area contributed by atoms with E-state index in [1.165, 1.54) is 30.9 Å². The van der Waals surface area contributed by atoms with E-state index in [4.69, 9.17) is 9.47 Å². The van der Waals surface area contributed by atoms with Gasteiger partial charge in [0.15, 0.2) is 0 Å². The van der Waals surface area contributed by atoms with Crippen LogP contribution in [0.1, 0.15) is 31.1 Å². The number of rotatable bonds is 5. The van der Waals surface area contributed by atoms with Crippen LogP contribution in [0.5, 0.6) is 11.5 Å². The van der Waals surface area contributed by atoms with Crippen LogP contribution in [0.3, 0.4) is 0 Å². The Morgan fingerprint density at radius 3 is 2.43 bits per heavy atom. The summed E-state index contributed by atoms with van der Waals surface area (Å²) in [4.78, 5) is 39.0. The average Bonchev–Trinajstić information content (AvgIpc) is 2.90. The Balaban J connectivity index is 1.94. The van der Waals surface area contributed by atoms with Gasteiger partial charge >= 0.3 is 5.97 Å². The lowest BCUT2D eigenvalue weighted by molar-refractivity contribution is -0.165. The van der Waals surface area contributed by atoms with Gasteiger partial charge in [0.2, 0.25) is 0 Å². The number of amides is 2. The van der Waals surface area contributed by atoms with Crippen LogP contribution in [0.25, 0.3) is 0 Å². The molecular weight excluding hydrogens is 452 g/mol.